The maximum atomic E-state index is 5.85. The molecule has 1 aliphatic heterocycles. The van der Waals surface area contributed by atoms with Crippen molar-refractivity contribution in [3.63, 3.8) is 0 Å². The van der Waals surface area contributed by atoms with Gasteiger partial charge < -0.3 is 9.47 Å². The number of fused-ring (bicyclic) bond motifs is 7. The lowest BCUT2D eigenvalue weighted by Gasteiger charge is -2.32. The summed E-state index contributed by atoms with van der Waals surface area (Å²) < 4.78 is 11.5. The van der Waals surface area contributed by atoms with Crippen LogP contribution in [0.25, 0.3) is 0 Å². The van der Waals surface area contributed by atoms with Gasteiger partial charge in [-0.3, -0.25) is 0 Å². The van der Waals surface area contributed by atoms with Gasteiger partial charge in [0.2, 0.25) is 0 Å². The van der Waals surface area contributed by atoms with E-state index < -0.39 is 0 Å². The van der Waals surface area contributed by atoms with Crippen molar-refractivity contribution >= 4 is 0 Å². The quantitative estimate of drug-likeness (QED) is 0.626. The molecule has 4 fully saturated rings. The van der Waals surface area contributed by atoms with Crippen LogP contribution in [0.4, 0.5) is 0 Å². The van der Waals surface area contributed by atoms with Crippen LogP contribution in [0.1, 0.15) is 26.2 Å². The van der Waals surface area contributed by atoms with E-state index in [0.717, 1.165) is 30.3 Å². The summed E-state index contributed by atoms with van der Waals surface area (Å²) in [5, 5.41) is 0. The van der Waals surface area contributed by atoms with E-state index >= 15 is 0 Å². The van der Waals surface area contributed by atoms with Gasteiger partial charge >= 0.3 is 0 Å². The van der Waals surface area contributed by atoms with E-state index in [1.165, 1.54) is 19.3 Å². The molecule has 2 nitrogen and oxygen atoms in total. The summed E-state index contributed by atoms with van der Waals surface area (Å²) in [6, 6.07) is 0. The Labute approximate surface area is 85.0 Å². The van der Waals surface area contributed by atoms with Crippen LogP contribution in [0, 0.1) is 23.7 Å². The van der Waals surface area contributed by atoms with E-state index in [0.29, 0.717) is 18.3 Å². The van der Waals surface area contributed by atoms with Gasteiger partial charge in [0.15, 0.2) is 0 Å². The molecule has 78 valence electrons. The lowest BCUT2D eigenvalue weighted by molar-refractivity contribution is -0.0161. The normalized spacial score (nSPS) is 62.8. The van der Waals surface area contributed by atoms with E-state index in [9.17, 15) is 0 Å². The van der Waals surface area contributed by atoms with Gasteiger partial charge in [-0.25, -0.2) is 0 Å². The summed E-state index contributed by atoms with van der Waals surface area (Å²) in [5.74, 6) is 3.73. The predicted molar refractivity (Wildman–Crippen MR) is 51.9 cm³/mol. The molecule has 3 saturated carbocycles. The van der Waals surface area contributed by atoms with Crippen LogP contribution in [0.5, 0.6) is 0 Å². The van der Waals surface area contributed by atoms with Crippen molar-refractivity contribution in [2.75, 3.05) is 6.61 Å². The summed E-state index contributed by atoms with van der Waals surface area (Å²) in [5.41, 5.74) is 0. The third-order valence-corrected chi connectivity index (χ3v) is 5.06. The Morgan fingerprint density at radius 1 is 1.21 bits per heavy atom. The Balaban J connectivity index is 1.57. The van der Waals surface area contributed by atoms with E-state index in [4.69, 9.17) is 9.47 Å². The molecule has 0 aromatic rings. The largest absolute Gasteiger partial charge is 0.378 e. The predicted octanol–water partition coefficient (Wildman–Crippen LogP) is 1.83. The van der Waals surface area contributed by atoms with Crippen LogP contribution in [-0.4, -0.2) is 24.9 Å². The van der Waals surface area contributed by atoms with Crippen molar-refractivity contribution in [3.8, 4) is 0 Å². The average Bonchev–Trinajstić information content (AvgIpc) is 2.62. The van der Waals surface area contributed by atoms with Crippen LogP contribution in [0.15, 0.2) is 0 Å². The molecule has 14 heavy (non-hydrogen) atoms. The summed E-state index contributed by atoms with van der Waals surface area (Å²) in [6.45, 7) is 3.02. The van der Waals surface area contributed by atoms with Crippen LogP contribution in [-0.2, 0) is 9.47 Å². The van der Waals surface area contributed by atoms with Gasteiger partial charge in [0, 0.05) is 6.61 Å². The molecular weight excluding hydrogens is 176 g/mol. The molecular formula is C12H18O2. The Hall–Kier alpha value is -0.0800. The Morgan fingerprint density at radius 3 is 3.00 bits per heavy atom. The molecule has 0 spiro atoms. The van der Waals surface area contributed by atoms with Gasteiger partial charge in [0.1, 0.15) is 0 Å². The summed E-state index contributed by atoms with van der Waals surface area (Å²) in [7, 11) is 0. The Morgan fingerprint density at radius 2 is 2.14 bits per heavy atom. The first kappa shape index (κ1) is 8.12. The molecule has 0 aromatic carbocycles. The van der Waals surface area contributed by atoms with Gasteiger partial charge in [-0.1, -0.05) is 0 Å². The van der Waals surface area contributed by atoms with Crippen molar-refractivity contribution in [2.45, 2.75) is 44.5 Å². The standard InChI is InChI=1S/C12H18O2/c1-2-13-9-4-6-3-7(9)8-5-10-12(14-10)11(6)8/h6-12H,2-5H2,1H3. The highest BCUT2D eigenvalue weighted by Crippen LogP contribution is 2.64. The molecule has 0 aromatic heterocycles. The highest BCUT2D eigenvalue weighted by Gasteiger charge is 2.66. The second-order valence-electron chi connectivity index (χ2n) is 5.51. The Kier molecular flexibility index (Phi) is 1.47. The van der Waals surface area contributed by atoms with Crippen molar-refractivity contribution in [2.24, 2.45) is 23.7 Å². The molecule has 3 aliphatic carbocycles. The van der Waals surface area contributed by atoms with Gasteiger partial charge in [0.05, 0.1) is 18.3 Å². The van der Waals surface area contributed by atoms with Crippen LogP contribution < -0.4 is 0 Å². The average molecular weight is 194 g/mol. The minimum Gasteiger partial charge on any atom is -0.378 e. The fourth-order valence-electron chi connectivity index (χ4n) is 4.67. The molecule has 4 aliphatic rings. The zero-order chi connectivity index (χ0) is 9.28. The van der Waals surface area contributed by atoms with E-state index in [-0.39, 0.29) is 0 Å². The van der Waals surface area contributed by atoms with Crippen LogP contribution >= 0.6 is 0 Å². The molecule has 1 heterocycles. The minimum absolute atomic E-state index is 0.601. The first-order valence-electron chi connectivity index (χ1n) is 6.15. The van der Waals surface area contributed by atoms with Crippen molar-refractivity contribution in [3.05, 3.63) is 0 Å². The number of hydrogen-bond donors (Lipinski definition) is 0. The van der Waals surface area contributed by atoms with Gasteiger partial charge in [-0.05, 0) is 49.9 Å². The number of rotatable bonds is 2. The Bertz CT molecular complexity index is 265. The van der Waals surface area contributed by atoms with E-state index in [1.807, 2.05) is 0 Å². The van der Waals surface area contributed by atoms with Gasteiger partial charge in [-0.2, -0.15) is 0 Å². The third kappa shape index (κ3) is 0.849. The first-order chi connectivity index (χ1) is 6.88. The van der Waals surface area contributed by atoms with Crippen molar-refractivity contribution < 1.29 is 9.47 Å². The summed E-state index contributed by atoms with van der Waals surface area (Å²) in [4.78, 5) is 0. The molecule has 2 bridgehead atoms. The van der Waals surface area contributed by atoms with Gasteiger partial charge in [-0.15, -0.1) is 0 Å². The fraction of sp³-hybridized carbons (Fsp3) is 1.00. The number of hydrogen-bond acceptors (Lipinski definition) is 2. The molecule has 0 amide bonds. The number of epoxide rings is 1. The zero-order valence-corrected chi connectivity index (χ0v) is 8.69. The third-order valence-electron chi connectivity index (χ3n) is 5.06. The lowest BCUT2D eigenvalue weighted by Crippen LogP contribution is -2.32. The second-order valence-corrected chi connectivity index (χ2v) is 5.51. The SMILES string of the molecule is CCOC1CC2CC1C1CC3OC3C21. The van der Waals surface area contributed by atoms with E-state index in [2.05, 4.69) is 6.92 Å². The smallest absolute Gasteiger partial charge is 0.0875 e. The van der Waals surface area contributed by atoms with Crippen LogP contribution in [0.3, 0.4) is 0 Å². The second kappa shape index (κ2) is 2.53. The highest BCUT2D eigenvalue weighted by molar-refractivity contribution is 5.14. The van der Waals surface area contributed by atoms with Gasteiger partial charge in [0.25, 0.3) is 0 Å². The fourth-order valence-corrected chi connectivity index (χ4v) is 4.67. The molecule has 0 N–H and O–H groups in total. The molecule has 0 radical (unpaired) electrons. The van der Waals surface area contributed by atoms with Crippen molar-refractivity contribution in [1.29, 1.82) is 0 Å². The maximum absolute atomic E-state index is 5.85. The number of ether oxygens (including phenoxy) is 2. The maximum Gasteiger partial charge on any atom is 0.0875 e. The molecule has 4 rings (SSSR count). The first-order valence-corrected chi connectivity index (χ1v) is 6.15. The molecule has 1 saturated heterocycles. The lowest BCUT2D eigenvalue weighted by atomic mass is 9.79. The molecule has 7 unspecified atom stereocenters. The minimum atomic E-state index is 0.601. The zero-order valence-electron chi connectivity index (χ0n) is 8.69. The molecule has 7 atom stereocenters. The van der Waals surface area contributed by atoms with Crippen LogP contribution in [0.2, 0.25) is 0 Å². The highest BCUT2D eigenvalue weighted by atomic mass is 16.6. The summed E-state index contributed by atoms with van der Waals surface area (Å²) >= 11 is 0. The van der Waals surface area contributed by atoms with E-state index in [1.54, 1.807) is 0 Å². The topological polar surface area (TPSA) is 21.8 Å². The summed E-state index contributed by atoms with van der Waals surface area (Å²) in [6.07, 6.45) is 6.05. The molecule has 2 heteroatoms. The monoisotopic (exact) mass is 194 g/mol. The van der Waals surface area contributed by atoms with Crippen molar-refractivity contribution in [1.82, 2.24) is 0 Å².